The van der Waals surface area contributed by atoms with Crippen LogP contribution in [0.1, 0.15) is 32.0 Å². The highest BCUT2D eigenvalue weighted by Gasteiger charge is 2.33. The molecule has 0 N–H and O–H groups in total. The van der Waals surface area contributed by atoms with Crippen molar-refractivity contribution in [1.29, 1.82) is 0 Å². The summed E-state index contributed by atoms with van der Waals surface area (Å²) in [5.41, 5.74) is 1.33. The highest BCUT2D eigenvalue weighted by molar-refractivity contribution is 7.89. The van der Waals surface area contributed by atoms with Gasteiger partial charge in [0.05, 0.1) is 17.6 Å². The van der Waals surface area contributed by atoms with Crippen LogP contribution >= 0.6 is 0 Å². The molecular formula is C19H25N3O5S. The summed E-state index contributed by atoms with van der Waals surface area (Å²) in [6.07, 6.45) is 3.40. The maximum absolute atomic E-state index is 13.1. The van der Waals surface area contributed by atoms with Gasteiger partial charge in [0, 0.05) is 12.8 Å². The van der Waals surface area contributed by atoms with Crippen LogP contribution in [0, 0.1) is 0 Å². The monoisotopic (exact) mass is 407 g/mol. The molecule has 1 atom stereocenters. The van der Waals surface area contributed by atoms with Crippen molar-refractivity contribution in [3.8, 4) is 0 Å². The number of ether oxygens (including phenoxy) is 1. The molecule has 1 aromatic heterocycles. The van der Waals surface area contributed by atoms with Gasteiger partial charge in [0.15, 0.2) is 9.84 Å². The number of esters is 1. The number of hydrogen-bond acceptors (Lipinski definition) is 6. The van der Waals surface area contributed by atoms with Gasteiger partial charge in [-0.3, -0.25) is 4.79 Å². The van der Waals surface area contributed by atoms with E-state index in [0.29, 0.717) is 29.8 Å². The summed E-state index contributed by atoms with van der Waals surface area (Å²) in [6.45, 7) is 2.42. The first kappa shape index (κ1) is 20.3. The van der Waals surface area contributed by atoms with E-state index >= 15 is 0 Å². The zero-order valence-electron chi connectivity index (χ0n) is 16.1. The number of benzene rings is 1. The average Bonchev–Trinajstić information content (AvgIpc) is 2.97. The van der Waals surface area contributed by atoms with Crippen molar-refractivity contribution in [1.82, 2.24) is 14.5 Å². The molecule has 2 aromatic rings. The molecule has 1 saturated heterocycles. The second-order valence-electron chi connectivity index (χ2n) is 7.02. The predicted octanol–water partition coefficient (Wildman–Crippen LogP) is 1.53. The van der Waals surface area contributed by atoms with Gasteiger partial charge in [-0.05, 0) is 38.3 Å². The van der Waals surface area contributed by atoms with Crippen molar-refractivity contribution in [2.24, 2.45) is 0 Å². The van der Waals surface area contributed by atoms with Crippen LogP contribution in [0.5, 0.6) is 0 Å². The molecule has 0 spiro atoms. The number of fused-ring (bicyclic) bond motifs is 1. The van der Waals surface area contributed by atoms with Crippen molar-refractivity contribution >= 4 is 32.7 Å². The van der Waals surface area contributed by atoms with Crippen LogP contribution in [0.15, 0.2) is 24.3 Å². The molecule has 1 aliphatic rings. The molecule has 28 heavy (non-hydrogen) atoms. The fourth-order valence-corrected chi connectivity index (χ4v) is 4.28. The standard InChI is InChI=1S/C19H25N3O5S/c1-3-27-19(24)16-10-6-7-11-21(16)18(23)12-22-15-9-5-4-8-14(15)20-17(22)13-28(2,25)26/h4-5,8-9,16H,3,6-7,10-13H2,1-2H3. The minimum Gasteiger partial charge on any atom is -0.464 e. The maximum atomic E-state index is 13.1. The molecule has 1 aromatic carbocycles. The van der Waals surface area contributed by atoms with E-state index in [-0.39, 0.29) is 30.8 Å². The van der Waals surface area contributed by atoms with Gasteiger partial charge in [0.2, 0.25) is 5.91 Å². The zero-order chi connectivity index (χ0) is 20.3. The highest BCUT2D eigenvalue weighted by Crippen LogP contribution is 2.22. The Kier molecular flexibility index (Phi) is 6.02. The normalized spacial score (nSPS) is 17.6. The van der Waals surface area contributed by atoms with Gasteiger partial charge in [-0.1, -0.05) is 12.1 Å². The lowest BCUT2D eigenvalue weighted by Crippen LogP contribution is -2.49. The average molecular weight is 407 g/mol. The summed E-state index contributed by atoms with van der Waals surface area (Å²) in [5.74, 6) is -0.559. The summed E-state index contributed by atoms with van der Waals surface area (Å²) in [7, 11) is -3.32. The first-order valence-corrected chi connectivity index (χ1v) is 11.4. The van der Waals surface area contributed by atoms with Crippen LogP contribution in [-0.4, -0.2) is 60.2 Å². The van der Waals surface area contributed by atoms with Crippen LogP contribution in [0.3, 0.4) is 0 Å². The SMILES string of the molecule is CCOC(=O)C1CCCCN1C(=O)Cn1c(CS(C)(=O)=O)nc2ccccc21. The quantitative estimate of drug-likeness (QED) is 0.674. The lowest BCUT2D eigenvalue weighted by Gasteiger charge is -2.34. The number of hydrogen-bond donors (Lipinski definition) is 0. The molecule has 9 heteroatoms. The van der Waals surface area contributed by atoms with E-state index in [1.165, 1.54) is 0 Å². The van der Waals surface area contributed by atoms with Crippen LogP contribution in [0.2, 0.25) is 0 Å². The summed E-state index contributed by atoms with van der Waals surface area (Å²) < 4.78 is 30.4. The Labute approximate surface area is 164 Å². The number of carbonyl (C=O) groups excluding carboxylic acids is 2. The van der Waals surface area contributed by atoms with Gasteiger partial charge in [-0.25, -0.2) is 18.2 Å². The third-order valence-electron chi connectivity index (χ3n) is 4.80. The molecule has 0 bridgehead atoms. The third-order valence-corrected chi connectivity index (χ3v) is 5.58. The number of amides is 1. The third kappa shape index (κ3) is 4.52. The van der Waals surface area contributed by atoms with E-state index in [4.69, 9.17) is 4.74 Å². The molecule has 1 fully saturated rings. The van der Waals surface area contributed by atoms with Gasteiger partial charge < -0.3 is 14.2 Å². The van der Waals surface area contributed by atoms with Gasteiger partial charge in [-0.15, -0.1) is 0 Å². The van der Waals surface area contributed by atoms with Crippen molar-refractivity contribution in [3.63, 3.8) is 0 Å². The van der Waals surface area contributed by atoms with Gasteiger partial charge in [-0.2, -0.15) is 0 Å². The molecule has 0 saturated carbocycles. The molecule has 1 aliphatic heterocycles. The number of sulfone groups is 1. The molecular weight excluding hydrogens is 382 g/mol. The molecule has 3 rings (SSSR count). The van der Waals surface area contributed by atoms with Crippen LogP contribution in [0.4, 0.5) is 0 Å². The summed E-state index contributed by atoms with van der Waals surface area (Å²) in [4.78, 5) is 31.3. The molecule has 0 aliphatic carbocycles. The second-order valence-corrected chi connectivity index (χ2v) is 9.16. The largest absolute Gasteiger partial charge is 0.464 e. The van der Waals surface area contributed by atoms with E-state index in [1.54, 1.807) is 28.5 Å². The van der Waals surface area contributed by atoms with Crippen molar-refractivity contribution < 1.29 is 22.7 Å². The minimum atomic E-state index is -3.32. The minimum absolute atomic E-state index is 0.0682. The first-order valence-electron chi connectivity index (χ1n) is 9.38. The lowest BCUT2D eigenvalue weighted by molar-refractivity contribution is -0.156. The number of carbonyl (C=O) groups is 2. The second kappa shape index (κ2) is 8.30. The van der Waals surface area contributed by atoms with Crippen LogP contribution in [0.25, 0.3) is 11.0 Å². The fraction of sp³-hybridized carbons (Fsp3) is 0.526. The molecule has 1 unspecified atom stereocenters. The zero-order valence-corrected chi connectivity index (χ0v) is 16.9. The summed E-state index contributed by atoms with van der Waals surface area (Å²) >= 11 is 0. The number of imidazole rings is 1. The fourth-order valence-electron chi connectivity index (χ4n) is 3.59. The Morgan fingerprint density at radius 2 is 2.00 bits per heavy atom. The van der Waals surface area contributed by atoms with Gasteiger partial charge >= 0.3 is 5.97 Å². The van der Waals surface area contributed by atoms with E-state index < -0.39 is 15.9 Å². The molecule has 0 radical (unpaired) electrons. The van der Waals surface area contributed by atoms with E-state index in [2.05, 4.69) is 4.98 Å². The van der Waals surface area contributed by atoms with Crippen molar-refractivity contribution in [2.75, 3.05) is 19.4 Å². The number of nitrogens with zero attached hydrogens (tertiary/aromatic N) is 3. The Bertz CT molecular complexity index is 983. The van der Waals surface area contributed by atoms with Crippen LogP contribution < -0.4 is 0 Å². The lowest BCUT2D eigenvalue weighted by atomic mass is 10.0. The predicted molar refractivity (Wildman–Crippen MR) is 104 cm³/mol. The summed E-state index contributed by atoms with van der Waals surface area (Å²) in [6, 6.07) is 6.63. The Morgan fingerprint density at radius 1 is 1.25 bits per heavy atom. The topological polar surface area (TPSA) is 98.6 Å². The Hall–Kier alpha value is -2.42. The molecule has 152 valence electrons. The van der Waals surface area contributed by atoms with Gasteiger partial charge in [0.25, 0.3) is 0 Å². The Morgan fingerprint density at radius 3 is 2.71 bits per heavy atom. The number of para-hydroxylation sites is 2. The smallest absolute Gasteiger partial charge is 0.328 e. The molecule has 1 amide bonds. The maximum Gasteiger partial charge on any atom is 0.328 e. The van der Waals surface area contributed by atoms with E-state index in [1.807, 2.05) is 12.1 Å². The number of aromatic nitrogens is 2. The molecule has 2 heterocycles. The number of likely N-dealkylation sites (tertiary alicyclic amines) is 1. The summed E-state index contributed by atoms with van der Waals surface area (Å²) in [5, 5.41) is 0. The van der Waals surface area contributed by atoms with Crippen molar-refractivity contribution in [3.05, 3.63) is 30.1 Å². The van der Waals surface area contributed by atoms with E-state index in [0.717, 1.165) is 19.1 Å². The Balaban J connectivity index is 1.91. The van der Waals surface area contributed by atoms with Crippen LogP contribution in [-0.2, 0) is 36.5 Å². The highest BCUT2D eigenvalue weighted by atomic mass is 32.2. The number of piperidine rings is 1. The molecule has 8 nitrogen and oxygen atoms in total. The van der Waals surface area contributed by atoms with E-state index in [9.17, 15) is 18.0 Å². The van der Waals surface area contributed by atoms with Gasteiger partial charge in [0.1, 0.15) is 24.2 Å². The first-order chi connectivity index (χ1) is 13.3. The van der Waals surface area contributed by atoms with Crippen molar-refractivity contribution in [2.45, 2.75) is 44.5 Å². The number of rotatable bonds is 6.